The van der Waals surface area contributed by atoms with Crippen molar-refractivity contribution in [3.63, 3.8) is 0 Å². The lowest BCUT2D eigenvalue weighted by molar-refractivity contribution is -0.133. The van der Waals surface area contributed by atoms with Crippen molar-refractivity contribution in [2.24, 2.45) is 5.92 Å². The van der Waals surface area contributed by atoms with Crippen LogP contribution in [0.15, 0.2) is 24.3 Å². The number of nitrogens with one attached hydrogen (secondary N) is 2. The second kappa shape index (κ2) is 7.50. The molecule has 0 radical (unpaired) electrons. The molecule has 2 amide bonds. The number of carbonyl (C=O) groups excluding carboxylic acids is 2. The van der Waals surface area contributed by atoms with E-state index in [1.165, 1.54) is 6.42 Å². The summed E-state index contributed by atoms with van der Waals surface area (Å²) in [6, 6.07) is 7.86. The molecule has 1 atom stereocenters. The predicted octanol–water partition coefficient (Wildman–Crippen LogP) is 2.53. The summed E-state index contributed by atoms with van der Waals surface area (Å²) in [6.45, 7) is 6.52. The van der Waals surface area contributed by atoms with Crippen LogP contribution >= 0.6 is 0 Å². The third-order valence-electron chi connectivity index (χ3n) is 6.35. The molecule has 27 heavy (non-hydrogen) atoms. The minimum Gasteiger partial charge on any atom is -0.369 e. The van der Waals surface area contributed by atoms with Gasteiger partial charge in [0.05, 0.1) is 11.4 Å². The summed E-state index contributed by atoms with van der Waals surface area (Å²) >= 11 is 0. The topological polar surface area (TPSA) is 64.7 Å². The lowest BCUT2D eigenvalue weighted by atomic mass is 9.84. The predicted molar refractivity (Wildman–Crippen MR) is 107 cm³/mol. The maximum Gasteiger partial charge on any atom is 0.250 e. The van der Waals surface area contributed by atoms with Crippen LogP contribution in [0.25, 0.3) is 0 Å². The van der Waals surface area contributed by atoms with Crippen molar-refractivity contribution in [2.75, 3.05) is 43.4 Å². The van der Waals surface area contributed by atoms with E-state index in [0.29, 0.717) is 12.3 Å². The number of para-hydroxylation sites is 2. The molecule has 6 nitrogen and oxygen atoms in total. The van der Waals surface area contributed by atoms with Crippen molar-refractivity contribution in [2.45, 2.75) is 44.6 Å². The number of piperidine rings is 2. The van der Waals surface area contributed by atoms with E-state index in [9.17, 15) is 9.59 Å². The van der Waals surface area contributed by atoms with Crippen LogP contribution in [0.3, 0.4) is 0 Å². The molecule has 2 saturated heterocycles. The molecule has 1 aromatic rings. The minimum atomic E-state index is -0.517. The van der Waals surface area contributed by atoms with Crippen LogP contribution in [0.4, 0.5) is 11.4 Å². The van der Waals surface area contributed by atoms with Gasteiger partial charge in [-0.3, -0.25) is 9.59 Å². The van der Waals surface area contributed by atoms with E-state index in [2.05, 4.69) is 22.5 Å². The van der Waals surface area contributed by atoms with E-state index >= 15 is 0 Å². The molecular weight excluding hydrogens is 340 g/mol. The van der Waals surface area contributed by atoms with Crippen molar-refractivity contribution in [1.82, 2.24) is 9.80 Å². The fraction of sp³-hybridized carbons (Fsp3) is 0.619. The molecule has 3 aliphatic rings. The Bertz CT molecular complexity index is 712. The van der Waals surface area contributed by atoms with Gasteiger partial charge in [-0.1, -0.05) is 19.1 Å². The zero-order chi connectivity index (χ0) is 18.9. The van der Waals surface area contributed by atoms with Gasteiger partial charge in [-0.2, -0.15) is 0 Å². The Kier molecular flexibility index (Phi) is 5.08. The zero-order valence-electron chi connectivity index (χ0n) is 16.2. The van der Waals surface area contributed by atoms with E-state index in [-0.39, 0.29) is 11.8 Å². The Hall–Kier alpha value is -2.08. The summed E-state index contributed by atoms with van der Waals surface area (Å²) < 4.78 is 0. The number of hydrogen-bond acceptors (Lipinski definition) is 4. The highest BCUT2D eigenvalue weighted by molar-refractivity contribution is 6.06. The Balaban J connectivity index is 1.29. The molecule has 2 N–H and O–H groups in total. The zero-order valence-corrected chi connectivity index (χ0v) is 16.2. The summed E-state index contributed by atoms with van der Waals surface area (Å²) in [6.07, 6.45) is 4.48. The van der Waals surface area contributed by atoms with E-state index in [1.807, 2.05) is 29.2 Å². The number of rotatable bonds is 3. The first-order valence-corrected chi connectivity index (χ1v) is 10.2. The number of carbonyl (C=O) groups is 2. The maximum atomic E-state index is 12.7. The van der Waals surface area contributed by atoms with Gasteiger partial charge in [0.1, 0.15) is 5.54 Å². The average Bonchev–Trinajstić information content (AvgIpc) is 2.68. The van der Waals surface area contributed by atoms with Crippen LogP contribution in [0.2, 0.25) is 0 Å². The lowest BCUT2D eigenvalue weighted by Gasteiger charge is -2.44. The largest absolute Gasteiger partial charge is 0.369 e. The van der Waals surface area contributed by atoms with Crippen molar-refractivity contribution in [3.05, 3.63) is 24.3 Å². The number of likely N-dealkylation sites (tertiary alicyclic amines) is 2. The van der Waals surface area contributed by atoms with Crippen LogP contribution < -0.4 is 10.6 Å². The molecule has 0 aromatic heterocycles. The van der Waals surface area contributed by atoms with Gasteiger partial charge < -0.3 is 20.4 Å². The Labute approximate surface area is 161 Å². The number of anilines is 2. The Morgan fingerprint density at radius 2 is 1.93 bits per heavy atom. The first kappa shape index (κ1) is 18.3. The highest BCUT2D eigenvalue weighted by Crippen LogP contribution is 2.36. The number of hydrogen-bond donors (Lipinski definition) is 2. The fourth-order valence-corrected chi connectivity index (χ4v) is 4.60. The number of nitrogens with zero attached hydrogens (tertiary/aromatic N) is 2. The maximum absolute atomic E-state index is 12.7. The van der Waals surface area contributed by atoms with Gasteiger partial charge >= 0.3 is 0 Å². The molecule has 1 aromatic carbocycles. The second-order valence-electron chi connectivity index (χ2n) is 8.39. The second-order valence-corrected chi connectivity index (χ2v) is 8.39. The molecule has 1 unspecified atom stereocenters. The number of fused-ring (bicyclic) bond motifs is 1. The molecule has 146 valence electrons. The van der Waals surface area contributed by atoms with Crippen LogP contribution in [0, 0.1) is 5.92 Å². The average molecular weight is 370 g/mol. The molecule has 1 spiro atoms. The third kappa shape index (κ3) is 3.81. The standard InChI is InChI=1S/C21H30N4O2/c1-16-5-4-11-25(15-16)19(26)8-12-24-13-9-21(10-14-24)20(27)22-17-6-2-3-7-18(17)23-21/h2-3,6-7,16,23H,4-5,8-15H2,1H3,(H,22,27). The lowest BCUT2D eigenvalue weighted by Crippen LogP contribution is -2.58. The highest BCUT2D eigenvalue weighted by Gasteiger charge is 2.44. The molecule has 2 fully saturated rings. The van der Waals surface area contributed by atoms with E-state index < -0.39 is 5.54 Å². The van der Waals surface area contributed by atoms with Crippen molar-refractivity contribution < 1.29 is 9.59 Å². The number of amides is 2. The molecule has 0 saturated carbocycles. The van der Waals surface area contributed by atoms with Crippen molar-refractivity contribution >= 4 is 23.2 Å². The summed E-state index contributed by atoms with van der Waals surface area (Å²) in [4.78, 5) is 29.5. The monoisotopic (exact) mass is 370 g/mol. The van der Waals surface area contributed by atoms with Crippen LogP contribution in [-0.2, 0) is 9.59 Å². The van der Waals surface area contributed by atoms with Gasteiger partial charge in [0.15, 0.2) is 0 Å². The van der Waals surface area contributed by atoms with Crippen LogP contribution in [0.1, 0.15) is 39.0 Å². The smallest absolute Gasteiger partial charge is 0.250 e. The van der Waals surface area contributed by atoms with Crippen LogP contribution in [-0.4, -0.2) is 59.9 Å². The SMILES string of the molecule is CC1CCCN(C(=O)CCN2CCC3(CC2)Nc2ccccc2NC3=O)C1. The highest BCUT2D eigenvalue weighted by atomic mass is 16.2. The van der Waals surface area contributed by atoms with Gasteiger partial charge in [0.25, 0.3) is 0 Å². The quantitative estimate of drug-likeness (QED) is 0.858. The molecule has 4 rings (SSSR count). The fourth-order valence-electron chi connectivity index (χ4n) is 4.60. The van der Waals surface area contributed by atoms with Gasteiger partial charge in [-0.25, -0.2) is 0 Å². The Morgan fingerprint density at radius 3 is 2.67 bits per heavy atom. The Morgan fingerprint density at radius 1 is 1.19 bits per heavy atom. The normalized spacial score (nSPS) is 24.9. The van der Waals surface area contributed by atoms with Crippen molar-refractivity contribution in [1.29, 1.82) is 0 Å². The molecule has 6 heteroatoms. The summed E-state index contributed by atoms with van der Waals surface area (Å²) in [5, 5.41) is 6.54. The molecule has 3 aliphatic heterocycles. The van der Waals surface area contributed by atoms with E-state index in [4.69, 9.17) is 0 Å². The number of benzene rings is 1. The van der Waals surface area contributed by atoms with Gasteiger partial charge in [-0.15, -0.1) is 0 Å². The van der Waals surface area contributed by atoms with Crippen molar-refractivity contribution in [3.8, 4) is 0 Å². The van der Waals surface area contributed by atoms with Crippen LogP contribution in [0.5, 0.6) is 0 Å². The molecule has 0 aliphatic carbocycles. The first-order valence-electron chi connectivity index (χ1n) is 10.2. The molecule has 0 bridgehead atoms. The van der Waals surface area contributed by atoms with Gasteiger partial charge in [-0.05, 0) is 43.7 Å². The summed E-state index contributed by atoms with van der Waals surface area (Å²) in [5.74, 6) is 0.972. The van der Waals surface area contributed by atoms with Gasteiger partial charge in [0, 0.05) is 39.1 Å². The summed E-state index contributed by atoms with van der Waals surface area (Å²) in [7, 11) is 0. The molecule has 3 heterocycles. The first-order chi connectivity index (χ1) is 13.1. The molecular formula is C21H30N4O2. The summed E-state index contributed by atoms with van der Waals surface area (Å²) in [5.41, 5.74) is 1.34. The van der Waals surface area contributed by atoms with Gasteiger partial charge in [0.2, 0.25) is 11.8 Å². The van der Waals surface area contributed by atoms with E-state index in [0.717, 1.165) is 63.4 Å². The minimum absolute atomic E-state index is 0.0687. The third-order valence-corrected chi connectivity index (χ3v) is 6.35. The van der Waals surface area contributed by atoms with E-state index in [1.54, 1.807) is 0 Å².